The van der Waals surface area contributed by atoms with Crippen LogP contribution in [0.3, 0.4) is 0 Å². The number of anilines is 1. The van der Waals surface area contributed by atoms with E-state index in [0.717, 1.165) is 11.6 Å². The van der Waals surface area contributed by atoms with E-state index in [1.165, 1.54) is 24.4 Å². The number of dihydropyridines is 1. The Morgan fingerprint density at radius 1 is 1.15 bits per heavy atom. The molecule has 0 fully saturated rings. The van der Waals surface area contributed by atoms with Crippen molar-refractivity contribution in [1.29, 1.82) is 0 Å². The summed E-state index contributed by atoms with van der Waals surface area (Å²) >= 11 is 0. The van der Waals surface area contributed by atoms with E-state index >= 15 is 0 Å². The van der Waals surface area contributed by atoms with Gasteiger partial charge in [-0.15, -0.1) is 0 Å². The van der Waals surface area contributed by atoms with Gasteiger partial charge < -0.3 is 10.6 Å². The van der Waals surface area contributed by atoms with Crippen LogP contribution in [0.15, 0.2) is 65.1 Å². The SMILES string of the molecule is CC1=C(C(=O)Nc2cc(C)ccn2)C(c2ccccc2C(F)(F)F)C2=C(CC(C)(C)CC2=O)N1. The molecule has 1 atom stereocenters. The maximum Gasteiger partial charge on any atom is 0.416 e. The fraction of sp³-hybridized carbons (Fsp3) is 0.346. The number of amides is 1. The number of halogens is 3. The second-order valence-corrected chi connectivity index (χ2v) is 9.69. The number of nitrogens with zero attached hydrogens (tertiary/aromatic N) is 1. The lowest BCUT2D eigenvalue weighted by Crippen LogP contribution is -2.39. The molecule has 5 nitrogen and oxygen atoms in total. The molecule has 0 spiro atoms. The number of pyridine rings is 1. The molecule has 1 aromatic heterocycles. The van der Waals surface area contributed by atoms with Crippen LogP contribution in [0.4, 0.5) is 19.0 Å². The second-order valence-electron chi connectivity index (χ2n) is 9.69. The van der Waals surface area contributed by atoms with Crippen molar-refractivity contribution in [3.05, 3.63) is 81.8 Å². The van der Waals surface area contributed by atoms with Gasteiger partial charge in [0.05, 0.1) is 5.56 Å². The topological polar surface area (TPSA) is 71.1 Å². The minimum Gasteiger partial charge on any atom is -0.362 e. The number of rotatable bonds is 3. The summed E-state index contributed by atoms with van der Waals surface area (Å²) in [7, 11) is 0. The molecule has 0 saturated carbocycles. The van der Waals surface area contributed by atoms with Gasteiger partial charge in [0.15, 0.2) is 5.78 Å². The molecule has 8 heteroatoms. The lowest BCUT2D eigenvalue weighted by atomic mass is 9.68. The molecule has 4 rings (SSSR count). The minimum atomic E-state index is -4.65. The van der Waals surface area contributed by atoms with Gasteiger partial charge in [0.2, 0.25) is 0 Å². The van der Waals surface area contributed by atoms with Crippen LogP contribution in [0, 0.1) is 12.3 Å². The average Bonchev–Trinajstić information content (AvgIpc) is 2.71. The minimum absolute atomic E-state index is 0.0758. The van der Waals surface area contributed by atoms with Crippen molar-refractivity contribution >= 4 is 17.5 Å². The van der Waals surface area contributed by atoms with Crippen LogP contribution in [-0.4, -0.2) is 16.7 Å². The molecule has 0 bridgehead atoms. The average molecular weight is 470 g/mol. The number of benzene rings is 1. The summed E-state index contributed by atoms with van der Waals surface area (Å²) in [6.45, 7) is 7.38. The first-order valence-electron chi connectivity index (χ1n) is 11.0. The number of ketones is 1. The van der Waals surface area contributed by atoms with E-state index in [2.05, 4.69) is 15.6 Å². The first-order valence-corrected chi connectivity index (χ1v) is 11.0. The van der Waals surface area contributed by atoms with E-state index in [-0.39, 0.29) is 40.1 Å². The van der Waals surface area contributed by atoms with Crippen LogP contribution in [0.2, 0.25) is 0 Å². The van der Waals surface area contributed by atoms with E-state index in [9.17, 15) is 22.8 Å². The van der Waals surface area contributed by atoms with Crippen LogP contribution < -0.4 is 10.6 Å². The highest BCUT2D eigenvalue weighted by Gasteiger charge is 2.45. The summed E-state index contributed by atoms with van der Waals surface area (Å²) in [5.41, 5.74) is 0.837. The number of nitrogens with one attached hydrogen (secondary N) is 2. The van der Waals surface area contributed by atoms with Crippen LogP contribution >= 0.6 is 0 Å². The van der Waals surface area contributed by atoms with Crippen molar-refractivity contribution in [2.75, 3.05) is 5.32 Å². The summed E-state index contributed by atoms with van der Waals surface area (Å²) in [6.07, 6.45) is -2.43. The summed E-state index contributed by atoms with van der Waals surface area (Å²) in [5.74, 6) is -1.73. The first kappa shape index (κ1) is 23.7. The number of hydrogen-bond acceptors (Lipinski definition) is 4. The molecular formula is C26H26F3N3O2. The van der Waals surface area contributed by atoms with Gasteiger partial charge in [-0.25, -0.2) is 4.98 Å². The summed E-state index contributed by atoms with van der Waals surface area (Å²) < 4.78 is 42.1. The molecule has 2 heterocycles. The van der Waals surface area contributed by atoms with Crippen molar-refractivity contribution < 1.29 is 22.8 Å². The van der Waals surface area contributed by atoms with Crippen LogP contribution in [-0.2, 0) is 15.8 Å². The Morgan fingerprint density at radius 3 is 2.53 bits per heavy atom. The number of carbonyl (C=O) groups excluding carboxylic acids is 2. The third-order valence-electron chi connectivity index (χ3n) is 6.22. The number of aryl methyl sites for hydroxylation is 1. The van der Waals surface area contributed by atoms with Gasteiger partial charge >= 0.3 is 6.18 Å². The van der Waals surface area contributed by atoms with E-state index in [4.69, 9.17) is 0 Å². The van der Waals surface area contributed by atoms with Crippen molar-refractivity contribution in [1.82, 2.24) is 10.3 Å². The maximum atomic E-state index is 14.0. The van der Waals surface area contributed by atoms with E-state index in [1.807, 2.05) is 20.8 Å². The predicted octanol–water partition coefficient (Wildman–Crippen LogP) is 5.65. The zero-order valence-corrected chi connectivity index (χ0v) is 19.4. The number of allylic oxidation sites excluding steroid dienone is 3. The molecule has 1 unspecified atom stereocenters. The largest absolute Gasteiger partial charge is 0.416 e. The molecule has 1 aliphatic carbocycles. The van der Waals surface area contributed by atoms with Gasteiger partial charge in [-0.3, -0.25) is 9.59 Å². The highest BCUT2D eigenvalue weighted by atomic mass is 19.4. The summed E-state index contributed by atoms with van der Waals surface area (Å²) in [4.78, 5) is 30.9. The molecule has 2 N–H and O–H groups in total. The van der Waals surface area contributed by atoms with E-state index in [1.54, 1.807) is 19.1 Å². The number of aromatic nitrogens is 1. The van der Waals surface area contributed by atoms with Crippen molar-refractivity contribution in [3.8, 4) is 0 Å². The second kappa shape index (κ2) is 8.42. The quantitative estimate of drug-likeness (QED) is 0.609. The third-order valence-corrected chi connectivity index (χ3v) is 6.22. The predicted molar refractivity (Wildman–Crippen MR) is 123 cm³/mol. The van der Waals surface area contributed by atoms with Crippen molar-refractivity contribution in [2.24, 2.45) is 5.41 Å². The number of alkyl halides is 3. The number of carbonyl (C=O) groups is 2. The Hall–Kier alpha value is -3.42. The first-order chi connectivity index (χ1) is 15.9. The molecule has 0 radical (unpaired) electrons. The molecule has 2 aromatic rings. The Labute approximate surface area is 196 Å². The van der Waals surface area contributed by atoms with E-state index < -0.39 is 23.6 Å². The lowest BCUT2D eigenvalue weighted by molar-refractivity contribution is -0.138. The smallest absolute Gasteiger partial charge is 0.362 e. The zero-order valence-electron chi connectivity index (χ0n) is 19.4. The number of hydrogen-bond donors (Lipinski definition) is 2. The van der Waals surface area contributed by atoms with Crippen molar-refractivity contribution in [2.45, 2.75) is 52.6 Å². The van der Waals surface area contributed by atoms with Crippen LogP contribution in [0.25, 0.3) is 0 Å². The Bertz CT molecular complexity index is 1240. The van der Waals surface area contributed by atoms with Gasteiger partial charge in [-0.05, 0) is 55.0 Å². The fourth-order valence-electron chi connectivity index (χ4n) is 4.84. The Morgan fingerprint density at radius 2 is 1.85 bits per heavy atom. The molecule has 1 amide bonds. The van der Waals surface area contributed by atoms with Gasteiger partial charge in [-0.1, -0.05) is 32.0 Å². The maximum absolute atomic E-state index is 14.0. The summed E-state index contributed by atoms with van der Waals surface area (Å²) in [5, 5.41) is 5.87. The molecule has 178 valence electrons. The standard InChI is InChI=1S/C26H26F3N3O2/c1-14-9-10-30-20(11-14)32-24(34)21-15(2)31-18-12-25(3,4)13-19(33)23(18)22(21)16-7-5-6-8-17(16)26(27,28)29/h5-11,22,31H,12-13H2,1-4H3,(H,30,32,34). The van der Waals surface area contributed by atoms with Crippen LogP contribution in [0.1, 0.15) is 56.2 Å². The van der Waals surface area contributed by atoms with Gasteiger partial charge in [0.1, 0.15) is 5.82 Å². The molecule has 1 aromatic carbocycles. The van der Waals surface area contributed by atoms with E-state index in [0.29, 0.717) is 17.8 Å². The molecule has 0 saturated heterocycles. The Kier molecular flexibility index (Phi) is 5.87. The van der Waals surface area contributed by atoms with Gasteiger partial charge in [-0.2, -0.15) is 13.2 Å². The van der Waals surface area contributed by atoms with Crippen LogP contribution in [0.5, 0.6) is 0 Å². The highest BCUT2D eigenvalue weighted by molar-refractivity contribution is 6.09. The third kappa shape index (κ3) is 4.49. The normalized spacial score (nSPS) is 20.1. The number of Topliss-reactive ketones (excluding diaryl/α,β-unsaturated/α-hetero) is 1. The highest BCUT2D eigenvalue weighted by Crippen LogP contribution is 2.49. The zero-order chi connectivity index (χ0) is 24.8. The lowest BCUT2D eigenvalue weighted by Gasteiger charge is -2.40. The Balaban J connectivity index is 1.89. The van der Waals surface area contributed by atoms with Gasteiger partial charge in [0, 0.05) is 41.1 Å². The summed E-state index contributed by atoms with van der Waals surface area (Å²) in [6, 6.07) is 8.58. The molecule has 34 heavy (non-hydrogen) atoms. The molecule has 1 aliphatic heterocycles. The van der Waals surface area contributed by atoms with Gasteiger partial charge in [0.25, 0.3) is 5.91 Å². The molecule has 2 aliphatic rings. The molecular weight excluding hydrogens is 443 g/mol. The fourth-order valence-corrected chi connectivity index (χ4v) is 4.84. The monoisotopic (exact) mass is 469 g/mol. The van der Waals surface area contributed by atoms with Crippen molar-refractivity contribution in [3.63, 3.8) is 0 Å².